The Bertz CT molecular complexity index is 1100. The zero-order valence-electron chi connectivity index (χ0n) is 23.3. The molecule has 8 heteroatoms. The lowest BCUT2D eigenvalue weighted by atomic mass is 10.1. The summed E-state index contributed by atoms with van der Waals surface area (Å²) in [5.74, 6) is -1.70. The highest BCUT2D eigenvalue weighted by Crippen LogP contribution is 2.42. The van der Waals surface area contributed by atoms with Gasteiger partial charge in [0.1, 0.15) is 11.3 Å². The Hall–Kier alpha value is -2.61. The van der Waals surface area contributed by atoms with E-state index in [0.29, 0.717) is 18.6 Å². The van der Waals surface area contributed by atoms with Crippen LogP contribution in [0.3, 0.4) is 0 Å². The van der Waals surface area contributed by atoms with Crippen molar-refractivity contribution in [2.24, 2.45) is 0 Å². The smallest absolute Gasteiger partial charge is 0.341 e. The van der Waals surface area contributed by atoms with Crippen molar-refractivity contribution in [3.05, 3.63) is 33.9 Å². The molecular formula is C30H46FN3O4. The van der Waals surface area contributed by atoms with Gasteiger partial charge in [0.2, 0.25) is 5.43 Å². The Morgan fingerprint density at radius 1 is 1.00 bits per heavy atom. The van der Waals surface area contributed by atoms with E-state index in [0.717, 1.165) is 31.9 Å². The molecule has 0 bridgehead atoms. The summed E-state index contributed by atoms with van der Waals surface area (Å²) in [7, 11) is 1.44. The van der Waals surface area contributed by atoms with Crippen LogP contribution in [0.2, 0.25) is 0 Å². The number of unbranched alkanes of at least 4 members (excludes halogenated alkanes) is 11. The molecule has 0 atom stereocenters. The third-order valence-electron chi connectivity index (χ3n) is 7.41. The second-order valence-corrected chi connectivity index (χ2v) is 10.5. The summed E-state index contributed by atoms with van der Waals surface area (Å²) in [5, 5.41) is 16.0. The molecule has 1 aromatic heterocycles. The normalized spacial score (nSPS) is 13.2. The molecule has 1 saturated carbocycles. The largest absolute Gasteiger partial charge is 0.492 e. The van der Waals surface area contributed by atoms with Gasteiger partial charge in [-0.3, -0.25) is 4.79 Å². The van der Waals surface area contributed by atoms with Crippen LogP contribution in [0.5, 0.6) is 5.75 Å². The molecule has 0 unspecified atom stereocenters. The first-order valence-corrected chi connectivity index (χ1v) is 14.6. The maximum Gasteiger partial charge on any atom is 0.341 e. The van der Waals surface area contributed by atoms with Gasteiger partial charge in [-0.1, -0.05) is 77.6 Å². The summed E-state index contributed by atoms with van der Waals surface area (Å²) in [4.78, 5) is 24.4. The number of aromatic carboxylic acids is 1. The van der Waals surface area contributed by atoms with Gasteiger partial charge in [-0.15, -0.1) is 0 Å². The van der Waals surface area contributed by atoms with Gasteiger partial charge in [0.15, 0.2) is 11.6 Å². The van der Waals surface area contributed by atoms with Gasteiger partial charge in [-0.2, -0.15) is 0 Å². The van der Waals surface area contributed by atoms with Crippen LogP contribution in [0.4, 0.5) is 10.1 Å². The number of ether oxygens (including phenoxy) is 1. The van der Waals surface area contributed by atoms with E-state index in [1.807, 2.05) is 0 Å². The maximum absolute atomic E-state index is 15.1. The van der Waals surface area contributed by atoms with E-state index in [2.05, 4.69) is 17.6 Å². The highest BCUT2D eigenvalue weighted by atomic mass is 19.1. The highest BCUT2D eigenvalue weighted by molar-refractivity contribution is 5.97. The fourth-order valence-corrected chi connectivity index (χ4v) is 5.10. The van der Waals surface area contributed by atoms with Crippen molar-refractivity contribution in [2.45, 2.75) is 103 Å². The van der Waals surface area contributed by atoms with Gasteiger partial charge in [0.25, 0.3) is 0 Å². The SMILES string of the molecule is CCCCCCCCCCCCCCNCCNc1c(F)cc2c(=O)c(C(=O)O)cn(C3CC3)c2c1OC. The minimum Gasteiger partial charge on any atom is -0.492 e. The molecule has 2 aromatic rings. The molecule has 212 valence electrons. The average Bonchev–Trinajstić information content (AvgIpc) is 3.74. The van der Waals surface area contributed by atoms with Crippen molar-refractivity contribution in [2.75, 3.05) is 32.1 Å². The number of aromatic nitrogens is 1. The molecule has 1 aliphatic rings. The lowest BCUT2D eigenvalue weighted by Crippen LogP contribution is -2.24. The number of hydrogen-bond donors (Lipinski definition) is 3. The summed E-state index contributed by atoms with van der Waals surface area (Å²) in [6, 6.07) is 1.22. The molecule has 3 N–H and O–H groups in total. The van der Waals surface area contributed by atoms with Crippen molar-refractivity contribution >= 4 is 22.6 Å². The van der Waals surface area contributed by atoms with E-state index in [-0.39, 0.29) is 28.4 Å². The molecule has 1 heterocycles. The maximum atomic E-state index is 15.1. The van der Waals surface area contributed by atoms with Crippen molar-refractivity contribution in [1.82, 2.24) is 9.88 Å². The zero-order valence-corrected chi connectivity index (χ0v) is 23.3. The number of nitrogens with one attached hydrogen (secondary N) is 2. The highest BCUT2D eigenvalue weighted by Gasteiger charge is 2.30. The number of hydrogen-bond acceptors (Lipinski definition) is 5. The Kier molecular flexibility index (Phi) is 12.4. The van der Waals surface area contributed by atoms with Crippen molar-refractivity contribution in [1.29, 1.82) is 0 Å². The minimum absolute atomic E-state index is 0.0294. The summed E-state index contributed by atoms with van der Waals surface area (Å²) in [5.41, 5.74) is -0.409. The Morgan fingerprint density at radius 2 is 1.61 bits per heavy atom. The fraction of sp³-hybridized carbons (Fsp3) is 0.667. The molecule has 0 radical (unpaired) electrons. The molecule has 1 fully saturated rings. The minimum atomic E-state index is -1.31. The fourth-order valence-electron chi connectivity index (χ4n) is 5.10. The van der Waals surface area contributed by atoms with E-state index in [9.17, 15) is 14.7 Å². The Labute approximate surface area is 226 Å². The molecule has 1 aromatic carbocycles. The first-order valence-electron chi connectivity index (χ1n) is 14.6. The predicted octanol–water partition coefficient (Wildman–Crippen LogP) is 6.88. The van der Waals surface area contributed by atoms with E-state index in [1.165, 1.54) is 83.9 Å². The van der Waals surface area contributed by atoms with Crippen LogP contribution >= 0.6 is 0 Å². The first-order chi connectivity index (χ1) is 18.5. The number of carbonyl (C=O) groups is 1. The topological polar surface area (TPSA) is 92.6 Å². The molecule has 0 spiro atoms. The van der Waals surface area contributed by atoms with E-state index >= 15 is 4.39 Å². The van der Waals surface area contributed by atoms with Crippen molar-refractivity contribution < 1.29 is 19.0 Å². The predicted molar refractivity (Wildman–Crippen MR) is 152 cm³/mol. The number of pyridine rings is 1. The molecule has 38 heavy (non-hydrogen) atoms. The van der Waals surface area contributed by atoms with E-state index in [1.54, 1.807) is 4.57 Å². The molecular weight excluding hydrogens is 485 g/mol. The van der Waals surface area contributed by atoms with Crippen LogP contribution in [-0.2, 0) is 0 Å². The van der Waals surface area contributed by atoms with Gasteiger partial charge in [0.05, 0.1) is 18.0 Å². The third kappa shape index (κ3) is 8.45. The molecule has 0 saturated heterocycles. The van der Waals surface area contributed by atoms with Crippen LogP contribution in [0.1, 0.15) is 113 Å². The van der Waals surface area contributed by atoms with Crippen LogP contribution in [0, 0.1) is 5.82 Å². The second kappa shape index (κ2) is 15.7. The van der Waals surface area contributed by atoms with Crippen LogP contribution in [0.25, 0.3) is 10.9 Å². The van der Waals surface area contributed by atoms with Gasteiger partial charge in [0, 0.05) is 25.3 Å². The third-order valence-corrected chi connectivity index (χ3v) is 7.41. The number of nitrogens with zero attached hydrogens (tertiary/aromatic N) is 1. The number of fused-ring (bicyclic) bond motifs is 1. The molecule has 7 nitrogen and oxygen atoms in total. The Morgan fingerprint density at radius 3 is 2.16 bits per heavy atom. The monoisotopic (exact) mass is 531 g/mol. The second-order valence-electron chi connectivity index (χ2n) is 10.5. The van der Waals surface area contributed by atoms with Gasteiger partial charge in [-0.25, -0.2) is 9.18 Å². The first kappa shape index (κ1) is 29.9. The molecule has 3 rings (SSSR count). The van der Waals surface area contributed by atoms with Gasteiger partial charge in [-0.05, 0) is 31.9 Å². The standard InChI is InChI=1S/C30H46FN3O4/c1-3-4-5-6-7-8-9-10-11-12-13-14-17-32-18-19-33-26-25(31)20-23-27(29(26)38-2)34(22-15-16-22)21-24(28(23)35)30(36)37/h20-22,32-33H,3-19H2,1-2H3,(H,36,37). The summed E-state index contributed by atoms with van der Waals surface area (Å²) >= 11 is 0. The molecule has 1 aliphatic carbocycles. The number of carboxylic acid groups (broad SMARTS) is 1. The van der Waals surface area contributed by atoms with Gasteiger partial charge < -0.3 is 25.0 Å². The summed E-state index contributed by atoms with van der Waals surface area (Å²) in [6.45, 7) is 4.35. The van der Waals surface area contributed by atoms with Crippen LogP contribution in [0.15, 0.2) is 17.1 Å². The number of anilines is 1. The number of methoxy groups -OCH3 is 1. The van der Waals surface area contributed by atoms with Crippen molar-refractivity contribution in [3.8, 4) is 5.75 Å². The van der Waals surface area contributed by atoms with Crippen LogP contribution in [-0.4, -0.2) is 42.4 Å². The van der Waals surface area contributed by atoms with Crippen molar-refractivity contribution in [3.63, 3.8) is 0 Å². The Balaban J connectivity index is 1.42. The number of benzene rings is 1. The number of halogens is 1. The van der Waals surface area contributed by atoms with Crippen LogP contribution < -0.4 is 20.8 Å². The van der Waals surface area contributed by atoms with E-state index < -0.39 is 17.2 Å². The lowest BCUT2D eigenvalue weighted by molar-refractivity contribution is 0.0694. The zero-order chi connectivity index (χ0) is 27.3. The molecule has 0 amide bonds. The average molecular weight is 532 g/mol. The van der Waals surface area contributed by atoms with Gasteiger partial charge >= 0.3 is 5.97 Å². The van der Waals surface area contributed by atoms with E-state index in [4.69, 9.17) is 4.74 Å². The molecule has 0 aliphatic heterocycles. The quantitative estimate of drug-likeness (QED) is 0.161. The summed E-state index contributed by atoms with van der Waals surface area (Å²) < 4.78 is 22.4. The number of carboxylic acids is 1. The number of rotatable bonds is 20. The summed E-state index contributed by atoms with van der Waals surface area (Å²) in [6.07, 6.45) is 19.0. The lowest BCUT2D eigenvalue weighted by Gasteiger charge is -2.19.